The molecule has 0 aromatic heterocycles. The summed E-state index contributed by atoms with van der Waals surface area (Å²) in [5, 5.41) is 3.32. The van der Waals surface area contributed by atoms with Crippen LogP contribution in [-0.4, -0.2) is 54.8 Å². The number of nitrogens with zero attached hydrogens (tertiary/aromatic N) is 1. The van der Waals surface area contributed by atoms with Crippen LogP contribution in [-0.2, 0) is 0 Å². The second kappa shape index (κ2) is 7.18. The van der Waals surface area contributed by atoms with Crippen LogP contribution in [0.5, 0.6) is 0 Å². The van der Waals surface area contributed by atoms with Crippen molar-refractivity contribution in [3.8, 4) is 0 Å². The molecule has 2 fully saturated rings. The highest BCUT2D eigenvalue weighted by Crippen LogP contribution is 2.37. The Bertz CT molecular complexity index is 267. The van der Waals surface area contributed by atoms with Crippen LogP contribution in [0.1, 0.15) is 25.7 Å². The van der Waals surface area contributed by atoms with Gasteiger partial charge >= 0.3 is 6.18 Å². The highest BCUT2D eigenvalue weighted by Gasteiger charge is 2.41. The minimum atomic E-state index is -4.01. The van der Waals surface area contributed by atoms with E-state index in [1.54, 1.807) is 0 Å². The molecular formula is C13H23F3N2S. The lowest BCUT2D eigenvalue weighted by Gasteiger charge is -2.32. The lowest BCUT2D eigenvalue weighted by molar-refractivity contribution is -0.183. The molecule has 112 valence electrons. The number of hydrogen-bond donors (Lipinski definition) is 1. The summed E-state index contributed by atoms with van der Waals surface area (Å²) in [4.78, 5) is 2.40. The lowest BCUT2D eigenvalue weighted by Crippen LogP contribution is -2.43. The van der Waals surface area contributed by atoms with Gasteiger partial charge in [0.2, 0.25) is 0 Å². The summed E-state index contributed by atoms with van der Waals surface area (Å²) in [7, 11) is 0. The summed E-state index contributed by atoms with van der Waals surface area (Å²) in [6.07, 6.45) is -1.85. The molecule has 1 aliphatic carbocycles. The highest BCUT2D eigenvalue weighted by atomic mass is 32.2. The molecule has 2 aliphatic rings. The predicted octanol–water partition coefficient (Wildman–Crippen LogP) is 2.75. The van der Waals surface area contributed by atoms with Crippen LogP contribution in [0.15, 0.2) is 0 Å². The van der Waals surface area contributed by atoms with Gasteiger partial charge in [0.15, 0.2) is 0 Å². The Balaban J connectivity index is 1.65. The van der Waals surface area contributed by atoms with Crippen LogP contribution in [0.25, 0.3) is 0 Å². The molecule has 1 saturated heterocycles. The first-order chi connectivity index (χ1) is 9.05. The first-order valence-electron chi connectivity index (χ1n) is 7.16. The summed E-state index contributed by atoms with van der Waals surface area (Å²) in [6.45, 7) is 4.01. The van der Waals surface area contributed by atoms with Gasteiger partial charge in [-0.2, -0.15) is 24.9 Å². The maximum Gasteiger partial charge on any atom is 0.391 e. The summed E-state index contributed by atoms with van der Waals surface area (Å²) in [5.41, 5.74) is 0. The standard InChI is InChI=1S/C13H23F3N2S/c14-13(15,16)11-2-1-3-12(10-11)17-4-5-18-6-8-19-9-7-18/h11-12,17H,1-10H2. The van der Waals surface area contributed by atoms with Gasteiger partial charge in [0.05, 0.1) is 5.92 Å². The van der Waals surface area contributed by atoms with E-state index in [4.69, 9.17) is 0 Å². The van der Waals surface area contributed by atoms with Crippen molar-refractivity contribution in [2.45, 2.75) is 37.9 Å². The summed E-state index contributed by atoms with van der Waals surface area (Å²) in [5.74, 6) is 1.27. The maximum absolute atomic E-state index is 12.7. The normalized spacial score (nSPS) is 30.5. The van der Waals surface area contributed by atoms with E-state index in [1.807, 2.05) is 11.8 Å². The molecule has 2 nitrogen and oxygen atoms in total. The number of halogens is 3. The molecule has 2 atom stereocenters. The predicted molar refractivity (Wildman–Crippen MR) is 73.6 cm³/mol. The van der Waals surface area contributed by atoms with Gasteiger partial charge in [-0.25, -0.2) is 0 Å². The highest BCUT2D eigenvalue weighted by molar-refractivity contribution is 7.99. The van der Waals surface area contributed by atoms with Gasteiger partial charge in [0.25, 0.3) is 0 Å². The van der Waals surface area contributed by atoms with E-state index in [1.165, 1.54) is 11.5 Å². The van der Waals surface area contributed by atoms with Crippen molar-refractivity contribution < 1.29 is 13.2 Å². The number of alkyl halides is 3. The molecule has 0 radical (unpaired) electrons. The van der Waals surface area contributed by atoms with Crippen molar-refractivity contribution in [1.82, 2.24) is 10.2 Å². The van der Waals surface area contributed by atoms with E-state index >= 15 is 0 Å². The van der Waals surface area contributed by atoms with Crippen LogP contribution >= 0.6 is 11.8 Å². The molecule has 0 aromatic rings. The second-order valence-corrected chi connectivity index (χ2v) is 6.73. The molecule has 0 amide bonds. The molecule has 6 heteroatoms. The van der Waals surface area contributed by atoms with Crippen LogP contribution in [0.2, 0.25) is 0 Å². The zero-order chi connectivity index (χ0) is 13.7. The first-order valence-corrected chi connectivity index (χ1v) is 8.31. The molecule has 1 heterocycles. The molecule has 0 spiro atoms. The maximum atomic E-state index is 12.7. The van der Waals surface area contributed by atoms with Gasteiger partial charge < -0.3 is 10.2 Å². The van der Waals surface area contributed by atoms with Gasteiger partial charge in [-0.15, -0.1) is 0 Å². The Kier molecular flexibility index (Phi) is 5.84. The molecule has 19 heavy (non-hydrogen) atoms. The van der Waals surface area contributed by atoms with Crippen molar-refractivity contribution >= 4 is 11.8 Å². The summed E-state index contributed by atoms with van der Waals surface area (Å²) >= 11 is 1.98. The van der Waals surface area contributed by atoms with Gasteiger partial charge in [-0.05, 0) is 19.3 Å². The topological polar surface area (TPSA) is 15.3 Å². The Morgan fingerprint density at radius 2 is 1.89 bits per heavy atom. The Morgan fingerprint density at radius 3 is 2.58 bits per heavy atom. The van der Waals surface area contributed by atoms with Crippen LogP contribution in [0.3, 0.4) is 0 Å². The number of rotatable bonds is 4. The van der Waals surface area contributed by atoms with Crippen LogP contribution in [0, 0.1) is 5.92 Å². The van der Waals surface area contributed by atoms with E-state index in [2.05, 4.69) is 10.2 Å². The van der Waals surface area contributed by atoms with Crippen molar-refractivity contribution in [2.75, 3.05) is 37.7 Å². The minimum absolute atomic E-state index is 0.0551. The molecule has 2 unspecified atom stereocenters. The van der Waals surface area contributed by atoms with E-state index in [9.17, 15) is 13.2 Å². The van der Waals surface area contributed by atoms with E-state index in [0.717, 1.165) is 32.6 Å². The first kappa shape index (κ1) is 15.4. The quantitative estimate of drug-likeness (QED) is 0.859. The zero-order valence-electron chi connectivity index (χ0n) is 11.2. The van der Waals surface area contributed by atoms with Crippen LogP contribution < -0.4 is 5.32 Å². The third-order valence-corrected chi connectivity index (χ3v) is 5.04. The Morgan fingerprint density at radius 1 is 1.16 bits per heavy atom. The largest absolute Gasteiger partial charge is 0.391 e. The monoisotopic (exact) mass is 296 g/mol. The van der Waals surface area contributed by atoms with E-state index in [-0.39, 0.29) is 12.5 Å². The second-order valence-electron chi connectivity index (χ2n) is 5.51. The molecular weight excluding hydrogens is 273 g/mol. The summed E-state index contributed by atoms with van der Waals surface area (Å²) in [6, 6.07) is 0.0551. The number of nitrogens with one attached hydrogen (secondary N) is 1. The van der Waals surface area contributed by atoms with Crippen molar-refractivity contribution in [3.05, 3.63) is 0 Å². The number of hydrogen-bond acceptors (Lipinski definition) is 3. The van der Waals surface area contributed by atoms with Crippen molar-refractivity contribution in [3.63, 3.8) is 0 Å². The molecule has 1 aliphatic heterocycles. The van der Waals surface area contributed by atoms with Gasteiger partial charge in [-0.3, -0.25) is 0 Å². The third-order valence-electron chi connectivity index (χ3n) is 4.10. The average molecular weight is 296 g/mol. The fourth-order valence-electron chi connectivity index (χ4n) is 2.92. The van der Waals surface area contributed by atoms with Gasteiger partial charge in [0.1, 0.15) is 0 Å². The Hall–Kier alpha value is 0.0600. The van der Waals surface area contributed by atoms with E-state index < -0.39 is 12.1 Å². The fraction of sp³-hybridized carbons (Fsp3) is 1.00. The summed E-state index contributed by atoms with van der Waals surface area (Å²) < 4.78 is 38.1. The third kappa shape index (κ3) is 5.16. The number of thioether (sulfide) groups is 1. The smallest absolute Gasteiger partial charge is 0.313 e. The molecule has 0 aromatic carbocycles. The zero-order valence-corrected chi connectivity index (χ0v) is 12.0. The van der Waals surface area contributed by atoms with Crippen molar-refractivity contribution in [1.29, 1.82) is 0 Å². The SMILES string of the molecule is FC(F)(F)C1CCCC(NCCN2CCSCC2)C1. The van der Waals surface area contributed by atoms with E-state index in [0.29, 0.717) is 12.8 Å². The average Bonchev–Trinajstić information content (AvgIpc) is 2.39. The van der Waals surface area contributed by atoms with Crippen molar-refractivity contribution in [2.24, 2.45) is 5.92 Å². The lowest BCUT2D eigenvalue weighted by atomic mass is 9.85. The fourth-order valence-corrected chi connectivity index (χ4v) is 3.90. The molecule has 1 N–H and O–H groups in total. The van der Waals surface area contributed by atoms with Crippen LogP contribution in [0.4, 0.5) is 13.2 Å². The molecule has 0 bridgehead atoms. The Labute approximate surface area is 117 Å². The molecule has 2 rings (SSSR count). The van der Waals surface area contributed by atoms with Gasteiger partial charge in [0, 0.05) is 43.7 Å². The minimum Gasteiger partial charge on any atom is -0.313 e. The van der Waals surface area contributed by atoms with Gasteiger partial charge in [-0.1, -0.05) is 6.42 Å². The molecule has 1 saturated carbocycles.